The van der Waals surface area contributed by atoms with Gasteiger partial charge in [-0.3, -0.25) is 0 Å². The first kappa shape index (κ1) is 21.9. The minimum absolute atomic E-state index is 0.0433. The van der Waals surface area contributed by atoms with Crippen molar-refractivity contribution in [2.24, 2.45) is 23.7 Å². The molecule has 0 atom stereocenters. The molecular formula is C18H20F6O5. The minimum Gasteiger partial charge on any atom is -0.452 e. The molecule has 1 N–H and O–H groups in total. The van der Waals surface area contributed by atoms with Crippen molar-refractivity contribution in [3.8, 4) is 0 Å². The van der Waals surface area contributed by atoms with Crippen LogP contribution in [0.15, 0.2) is 12.7 Å². The molecule has 4 rings (SSSR count). The van der Waals surface area contributed by atoms with Crippen molar-refractivity contribution in [2.75, 3.05) is 6.61 Å². The van der Waals surface area contributed by atoms with Gasteiger partial charge in [0.25, 0.3) is 0 Å². The van der Waals surface area contributed by atoms with E-state index in [0.29, 0.717) is 11.8 Å². The van der Waals surface area contributed by atoms with Crippen LogP contribution in [-0.4, -0.2) is 47.2 Å². The van der Waals surface area contributed by atoms with E-state index < -0.39 is 42.1 Å². The molecule has 164 valence electrons. The van der Waals surface area contributed by atoms with E-state index in [4.69, 9.17) is 9.84 Å². The largest absolute Gasteiger partial charge is 0.452 e. The first-order valence-corrected chi connectivity index (χ1v) is 9.13. The summed E-state index contributed by atoms with van der Waals surface area (Å²) in [6.45, 7) is 2.22. The SMILES string of the molecule is C=CC1(OC(=O)COC(=O)C(O)(C(F)(F)F)C(F)(F)F)C2CC3CC(C2)CC1C3. The van der Waals surface area contributed by atoms with Crippen LogP contribution >= 0.6 is 0 Å². The van der Waals surface area contributed by atoms with Crippen LogP contribution in [0.4, 0.5) is 26.3 Å². The second kappa shape index (κ2) is 6.88. The molecule has 0 aromatic rings. The molecule has 29 heavy (non-hydrogen) atoms. The number of esters is 2. The molecule has 4 aliphatic rings. The third-order valence-electron chi connectivity index (χ3n) is 6.46. The first-order chi connectivity index (χ1) is 13.2. The molecule has 4 fully saturated rings. The summed E-state index contributed by atoms with van der Waals surface area (Å²) in [6.07, 6.45) is -7.06. The average Bonchev–Trinajstić information content (AvgIpc) is 2.59. The minimum atomic E-state index is -6.38. The van der Waals surface area contributed by atoms with Gasteiger partial charge in [-0.25, -0.2) is 9.59 Å². The van der Waals surface area contributed by atoms with Gasteiger partial charge in [0, 0.05) is 11.8 Å². The predicted octanol–water partition coefficient (Wildman–Crippen LogP) is 3.31. The average molecular weight is 430 g/mol. The molecule has 0 aliphatic heterocycles. The van der Waals surface area contributed by atoms with E-state index in [1.165, 1.54) is 6.08 Å². The van der Waals surface area contributed by atoms with E-state index in [1.54, 1.807) is 0 Å². The van der Waals surface area contributed by atoms with Crippen molar-refractivity contribution in [3.05, 3.63) is 12.7 Å². The highest BCUT2D eigenvalue weighted by Gasteiger charge is 2.76. The Hall–Kier alpha value is -1.78. The first-order valence-electron chi connectivity index (χ1n) is 9.13. The zero-order valence-corrected chi connectivity index (χ0v) is 15.2. The molecule has 4 aliphatic carbocycles. The van der Waals surface area contributed by atoms with Crippen molar-refractivity contribution in [1.82, 2.24) is 0 Å². The molecular weight excluding hydrogens is 410 g/mol. The highest BCUT2D eigenvalue weighted by Crippen LogP contribution is 2.60. The number of alkyl halides is 6. The quantitative estimate of drug-likeness (QED) is 0.412. The van der Waals surface area contributed by atoms with Crippen molar-refractivity contribution in [1.29, 1.82) is 0 Å². The molecule has 0 spiro atoms. The summed E-state index contributed by atoms with van der Waals surface area (Å²) in [5.74, 6) is -3.42. The monoisotopic (exact) mass is 430 g/mol. The van der Waals surface area contributed by atoms with E-state index >= 15 is 0 Å². The molecule has 0 unspecified atom stereocenters. The van der Waals surface area contributed by atoms with Gasteiger partial charge in [-0.1, -0.05) is 6.58 Å². The Labute approximate surface area is 162 Å². The van der Waals surface area contributed by atoms with Crippen LogP contribution in [0.5, 0.6) is 0 Å². The third-order valence-corrected chi connectivity index (χ3v) is 6.46. The van der Waals surface area contributed by atoms with Gasteiger partial charge >= 0.3 is 29.9 Å². The maximum Gasteiger partial charge on any atom is 0.437 e. The summed E-state index contributed by atoms with van der Waals surface area (Å²) < 4.78 is 85.2. The fourth-order valence-corrected chi connectivity index (χ4v) is 5.31. The van der Waals surface area contributed by atoms with Crippen LogP contribution in [0.25, 0.3) is 0 Å². The Balaban J connectivity index is 1.68. The molecule has 4 bridgehead atoms. The van der Waals surface area contributed by atoms with Crippen LogP contribution in [-0.2, 0) is 19.1 Å². The standard InChI is InChI=1S/C18H20F6O5/c1-2-15(11-4-9-3-10(6-11)7-12(15)5-9)29-13(25)8-28-14(26)16(27,17(19,20)21)18(22,23)24/h2,9-12,27H,1,3-8H2. The van der Waals surface area contributed by atoms with Crippen LogP contribution in [0.3, 0.4) is 0 Å². The lowest BCUT2D eigenvalue weighted by Crippen LogP contribution is -2.63. The van der Waals surface area contributed by atoms with E-state index in [2.05, 4.69) is 11.3 Å². The third kappa shape index (κ3) is 3.40. The lowest BCUT2D eigenvalue weighted by molar-refractivity contribution is -0.356. The van der Waals surface area contributed by atoms with E-state index in [-0.39, 0.29) is 11.8 Å². The second-order valence-corrected chi connectivity index (χ2v) is 8.12. The number of rotatable bonds is 5. The molecule has 0 aromatic carbocycles. The van der Waals surface area contributed by atoms with Gasteiger partial charge in [-0.05, 0) is 50.0 Å². The molecule has 11 heteroatoms. The van der Waals surface area contributed by atoms with E-state index in [0.717, 1.165) is 32.1 Å². The van der Waals surface area contributed by atoms with Crippen molar-refractivity contribution >= 4 is 11.9 Å². The summed E-state index contributed by atoms with van der Waals surface area (Å²) in [6, 6.07) is 0. The molecule has 0 amide bonds. The van der Waals surface area contributed by atoms with Gasteiger partial charge in [-0.2, -0.15) is 26.3 Å². The highest BCUT2D eigenvalue weighted by molar-refractivity contribution is 5.84. The number of halogens is 6. The number of carbonyl (C=O) groups excluding carboxylic acids is 2. The summed E-state index contributed by atoms with van der Waals surface area (Å²) >= 11 is 0. The topological polar surface area (TPSA) is 72.8 Å². The van der Waals surface area contributed by atoms with Gasteiger partial charge in [0.2, 0.25) is 0 Å². The van der Waals surface area contributed by atoms with Gasteiger partial charge in [0.1, 0.15) is 5.60 Å². The highest BCUT2D eigenvalue weighted by atomic mass is 19.4. The number of ether oxygens (including phenoxy) is 2. The Kier molecular flexibility index (Phi) is 5.20. The Bertz CT molecular complexity index is 656. The zero-order chi connectivity index (χ0) is 21.8. The van der Waals surface area contributed by atoms with Crippen LogP contribution in [0.2, 0.25) is 0 Å². The normalized spacial score (nSPS) is 34.0. The van der Waals surface area contributed by atoms with Gasteiger partial charge in [0.15, 0.2) is 6.61 Å². The zero-order valence-electron chi connectivity index (χ0n) is 15.2. The van der Waals surface area contributed by atoms with Crippen LogP contribution in [0.1, 0.15) is 32.1 Å². The lowest BCUT2D eigenvalue weighted by atomic mass is 9.50. The number of hydrogen-bond acceptors (Lipinski definition) is 5. The van der Waals surface area contributed by atoms with E-state index in [9.17, 15) is 35.9 Å². The molecule has 0 saturated heterocycles. The Morgan fingerprint density at radius 3 is 1.79 bits per heavy atom. The molecule has 0 radical (unpaired) electrons. The molecule has 0 aromatic heterocycles. The molecule has 4 saturated carbocycles. The number of carbonyl (C=O) groups is 2. The summed E-state index contributed by atoms with van der Waals surface area (Å²) in [5, 5.41) is 8.96. The van der Waals surface area contributed by atoms with Crippen molar-refractivity contribution < 1.29 is 50.5 Å². The summed E-state index contributed by atoms with van der Waals surface area (Å²) in [7, 11) is 0. The maximum absolute atomic E-state index is 12.7. The predicted molar refractivity (Wildman–Crippen MR) is 84.1 cm³/mol. The fourth-order valence-electron chi connectivity index (χ4n) is 5.31. The van der Waals surface area contributed by atoms with Gasteiger partial charge < -0.3 is 14.6 Å². The van der Waals surface area contributed by atoms with Crippen LogP contribution < -0.4 is 0 Å². The van der Waals surface area contributed by atoms with Gasteiger partial charge in [0.05, 0.1) is 0 Å². The van der Waals surface area contributed by atoms with Crippen molar-refractivity contribution in [2.45, 2.75) is 55.7 Å². The van der Waals surface area contributed by atoms with Crippen molar-refractivity contribution in [3.63, 3.8) is 0 Å². The maximum atomic E-state index is 12.7. The Morgan fingerprint density at radius 2 is 1.41 bits per heavy atom. The van der Waals surface area contributed by atoms with Gasteiger partial charge in [-0.15, -0.1) is 0 Å². The number of aliphatic hydroxyl groups is 1. The smallest absolute Gasteiger partial charge is 0.437 e. The summed E-state index contributed by atoms with van der Waals surface area (Å²) in [4.78, 5) is 23.5. The van der Waals surface area contributed by atoms with Crippen LogP contribution in [0, 0.1) is 23.7 Å². The summed E-state index contributed by atoms with van der Waals surface area (Å²) in [5.41, 5.74) is -6.82. The lowest BCUT2D eigenvalue weighted by Gasteiger charge is -2.59. The fraction of sp³-hybridized carbons (Fsp3) is 0.778. The van der Waals surface area contributed by atoms with E-state index in [1.807, 2.05) is 0 Å². The number of hydrogen-bond donors (Lipinski definition) is 1. The Morgan fingerprint density at radius 1 is 0.966 bits per heavy atom. The molecule has 5 nitrogen and oxygen atoms in total. The molecule has 0 heterocycles. The second-order valence-electron chi connectivity index (χ2n) is 8.12.